The van der Waals surface area contributed by atoms with Gasteiger partial charge in [0.1, 0.15) is 65.8 Å². The number of aliphatic hydroxyl groups is 7. The number of aromatic nitrogens is 11. The van der Waals surface area contributed by atoms with Gasteiger partial charge in [0.15, 0.2) is 0 Å². The van der Waals surface area contributed by atoms with Crippen molar-refractivity contribution in [2.45, 2.75) is 80.5 Å². The molecule has 5 aromatic carbocycles. The van der Waals surface area contributed by atoms with Crippen LogP contribution in [0.5, 0.6) is 23.0 Å². The Morgan fingerprint density at radius 2 is 0.640 bits per heavy atom. The predicted octanol–water partition coefficient (Wildman–Crippen LogP) is 12.1. The summed E-state index contributed by atoms with van der Waals surface area (Å²) in [7, 11) is 0. The highest BCUT2D eigenvalue weighted by atomic mass is 35.5. The van der Waals surface area contributed by atoms with E-state index in [2.05, 4.69) is 105 Å². The molecule has 0 radical (unpaired) electrons. The lowest BCUT2D eigenvalue weighted by molar-refractivity contribution is -0.274. The molecule has 0 aliphatic carbocycles. The summed E-state index contributed by atoms with van der Waals surface area (Å²) in [6.07, 6.45) is 7.81. The van der Waals surface area contributed by atoms with Gasteiger partial charge >= 0.3 is 23.1 Å². The van der Waals surface area contributed by atoms with E-state index in [4.69, 9.17) is 34.8 Å². The van der Waals surface area contributed by atoms with Gasteiger partial charge in [0, 0.05) is 252 Å². The van der Waals surface area contributed by atoms with Gasteiger partial charge in [0.05, 0.1) is 59.9 Å². The molecule has 4 amide bonds. The van der Waals surface area contributed by atoms with Crippen molar-refractivity contribution in [1.82, 2.24) is 59.7 Å². The smallest absolute Gasteiger partial charge is 0.420 e. The number of hydrogen-bond acceptors (Lipinski definition) is 31. The Bertz CT molecular complexity index is 5840. The van der Waals surface area contributed by atoms with Crippen LogP contribution >= 0.6 is 34.8 Å². The van der Waals surface area contributed by atoms with Crippen LogP contribution in [0.15, 0.2) is 208 Å². The average Bonchev–Trinajstić information content (AvgIpc) is 1.61. The summed E-state index contributed by atoms with van der Waals surface area (Å²) in [5.41, 5.74) is -1.19. The van der Waals surface area contributed by atoms with Crippen molar-refractivity contribution < 1.29 is 113 Å². The van der Waals surface area contributed by atoms with Gasteiger partial charge in [-0.2, -0.15) is 0 Å². The first kappa shape index (κ1) is 101. The van der Waals surface area contributed by atoms with Crippen molar-refractivity contribution in [1.29, 1.82) is 0 Å². The number of nitrogens with one attached hydrogen (secondary N) is 4. The van der Waals surface area contributed by atoms with Crippen molar-refractivity contribution in [2.24, 2.45) is 11.8 Å². The van der Waals surface area contributed by atoms with E-state index in [0.717, 1.165) is 49.7 Å². The quantitative estimate of drug-likeness (QED) is 0.0187. The van der Waals surface area contributed by atoms with E-state index in [9.17, 15) is 94.4 Å². The topological polar surface area (TPSA) is 453 Å². The molecule has 5 fully saturated rings. The van der Waals surface area contributed by atoms with Crippen molar-refractivity contribution in [3.63, 3.8) is 0 Å². The van der Waals surface area contributed by atoms with Gasteiger partial charge in [0.25, 0.3) is 23.6 Å². The number of halogens is 12. The molecule has 5 saturated heterocycles. The Morgan fingerprint density at radius 1 is 0.345 bits per heavy atom. The van der Waals surface area contributed by atoms with E-state index < -0.39 is 83.3 Å². The number of benzene rings is 5. The summed E-state index contributed by atoms with van der Waals surface area (Å²) >= 11 is 14.3. The van der Waals surface area contributed by atoms with Crippen LogP contribution in [0.3, 0.4) is 0 Å². The first-order valence-electron chi connectivity index (χ1n) is 42.4. The molecule has 728 valence electrons. The zero-order chi connectivity index (χ0) is 99.4. The molecule has 5 aliphatic heterocycles. The van der Waals surface area contributed by atoms with E-state index in [0.29, 0.717) is 120 Å². The van der Waals surface area contributed by atoms with Crippen LogP contribution in [0, 0.1) is 32.6 Å². The van der Waals surface area contributed by atoms with Gasteiger partial charge in [-0.15, -0.1) is 39.5 Å². The lowest BCUT2D eigenvalue weighted by Crippen LogP contribution is -2.31. The van der Waals surface area contributed by atoms with E-state index >= 15 is 0 Å². The Hall–Kier alpha value is -13.9. The third-order valence-corrected chi connectivity index (χ3v) is 22.7. The van der Waals surface area contributed by atoms with Crippen molar-refractivity contribution in [2.75, 3.05) is 119 Å². The van der Waals surface area contributed by atoms with Crippen LogP contribution in [-0.4, -0.2) is 257 Å². The van der Waals surface area contributed by atoms with Gasteiger partial charge in [-0.05, 0) is 166 Å². The number of fused-ring (bicyclic) bond motifs is 1. The van der Waals surface area contributed by atoms with E-state index in [1.54, 1.807) is 91.0 Å². The molecule has 0 bridgehead atoms. The summed E-state index contributed by atoms with van der Waals surface area (Å²) in [5, 5.41) is 79.8. The van der Waals surface area contributed by atoms with Crippen LogP contribution in [0.25, 0.3) is 44.5 Å². The lowest BCUT2D eigenvalue weighted by Gasteiger charge is -2.24. The number of amides is 4. The third kappa shape index (κ3) is 26.9. The van der Waals surface area contributed by atoms with E-state index in [1.165, 1.54) is 129 Å². The molecule has 47 heteroatoms. The SMILES string of the molecule is Cc1ncncc1-c1cc(C(=O)Nc2ccc(OC(F)(F)Cl)cc2)ccc1N1C[C@H](O)[C@@H](O)C1.Cc1ncncc1-c1cc(C(=O)Nc2ccc(OC(F)(F)Cl)cc2)cnc1N1C[C@@H](O)[C@H](O)C1.Cc1ncncc1-c1cc(C(=O)Nc2ccc(OC(F)(F)Cl)cc2)cnc1N1C[C@H](O)[C@@H](O)C1.O=C(Nc1ccc(OC(F)(F)F)cc1)c1cnc(N2CC3CN(CCO)CC3C2)c(-c2cncnc2)c1. The van der Waals surface area contributed by atoms with Gasteiger partial charge < -0.3 is 100 Å². The standard InChI is InChI=1S/C25H25F3N6O3.C23H21ClF2N4O4.2C22H20ClF2N5O4/c26-25(27,28)37-21-3-1-20(2-4-21)32-24(36)16-7-22(17-8-29-15-30-9-17)23(31-10-16)34-13-18-11-33(5-6-35)12-19(18)14-34;1-13-18(9-27-12-28-13)17-8-14(2-7-19(17)30-10-20(31)21(32)11-30)22(33)29-15-3-5-16(6-4-15)34-23(24,25)26;2*1-12-17(8-26-11-28-12)16-6-13(7-27-20(16)30-9-18(31)19(32)10-30)21(33)29-14-2-4-15(5-3-14)34-22(23,24)25/h1-4,7-10,15,18-19,35H,5-6,11-14H2,(H,32,36);2-9,12,20-21,31-32H,10-11H2,1H3,(H,29,33);2*2-8,11,18-19,31-32H,9-10H2,1H3,(H,29,33)/t;20-,21-;2*18-,19-/m.010/s1. The van der Waals surface area contributed by atoms with Gasteiger partial charge in [-0.25, -0.2) is 54.8 Å². The second-order valence-corrected chi connectivity index (χ2v) is 33.7. The van der Waals surface area contributed by atoms with Crippen molar-refractivity contribution >= 4 is 104 Å². The van der Waals surface area contributed by atoms with Gasteiger partial charge in [0.2, 0.25) is 0 Å². The molecule has 17 rings (SSSR count). The molecule has 12 aromatic rings. The summed E-state index contributed by atoms with van der Waals surface area (Å²) in [6, 6.07) is 30.8. The number of likely N-dealkylation sites (tertiary alicyclic amines) is 1. The zero-order valence-electron chi connectivity index (χ0n) is 73.3. The van der Waals surface area contributed by atoms with Crippen LogP contribution < -0.4 is 59.8 Å². The summed E-state index contributed by atoms with van der Waals surface area (Å²) in [5.74, 6) is -0.121. The highest BCUT2D eigenvalue weighted by molar-refractivity contribution is 6.21. The Morgan fingerprint density at radius 3 is 0.971 bits per heavy atom. The molecule has 139 heavy (non-hydrogen) atoms. The molecule has 12 heterocycles. The number of pyridine rings is 3. The molecule has 11 N–H and O–H groups in total. The fraction of sp³-hybridized carbons (Fsp3) is 0.293. The number of carbonyl (C=O) groups excluding carboxylic acids is 4. The number of anilines is 8. The number of aliphatic hydroxyl groups excluding tert-OH is 7. The zero-order valence-corrected chi connectivity index (χ0v) is 75.6. The van der Waals surface area contributed by atoms with Crippen molar-refractivity contribution in [3.8, 4) is 67.5 Å². The van der Waals surface area contributed by atoms with Crippen LogP contribution in [0.1, 0.15) is 58.5 Å². The molecule has 2 unspecified atom stereocenters. The maximum Gasteiger partial charge on any atom is 0.573 e. The first-order chi connectivity index (χ1) is 66.1. The Kier molecular flexibility index (Phi) is 31.8. The maximum atomic E-state index is 13.0. The highest BCUT2D eigenvalue weighted by Gasteiger charge is 2.43. The Labute approximate surface area is 800 Å². The summed E-state index contributed by atoms with van der Waals surface area (Å²) in [4.78, 5) is 108. The molecular weight excluding hydrogens is 1900 g/mol. The number of nitrogens with zero attached hydrogens (tertiary/aromatic N) is 16. The number of aryl methyl sites for hydroxylation is 3. The molecule has 8 atom stereocenters. The second kappa shape index (κ2) is 43.8. The fourth-order valence-electron chi connectivity index (χ4n) is 15.9. The number of ether oxygens (including phenoxy) is 4. The van der Waals surface area contributed by atoms with Gasteiger partial charge in [-0.1, -0.05) is 0 Å². The minimum Gasteiger partial charge on any atom is -0.420 e. The van der Waals surface area contributed by atoms with E-state index in [-0.39, 0.29) is 85.6 Å². The number of β-amino-alcohol motifs (C(OH)–C–C–N with tert-alkyl or cyclic N) is 7. The second-order valence-electron chi connectivity index (χ2n) is 32.3. The summed E-state index contributed by atoms with van der Waals surface area (Å²) < 4.78 is 130. The minimum absolute atomic E-state index is 0.151. The third-order valence-electron chi connectivity index (χ3n) is 22.5. The summed E-state index contributed by atoms with van der Waals surface area (Å²) in [6.45, 7) is 10.9. The molecule has 35 nitrogen and oxygen atoms in total. The largest absolute Gasteiger partial charge is 0.573 e. The van der Waals surface area contributed by atoms with Crippen LogP contribution in [-0.2, 0) is 0 Å². The molecule has 7 aromatic heterocycles. The van der Waals surface area contributed by atoms with Crippen LogP contribution in [0.2, 0.25) is 0 Å². The molecule has 5 aliphatic rings. The predicted molar refractivity (Wildman–Crippen MR) is 491 cm³/mol. The maximum absolute atomic E-state index is 13.0. The number of rotatable bonds is 25. The molecular formula is C92H86Cl3F9N20O15. The minimum atomic E-state index is -4.79. The highest BCUT2D eigenvalue weighted by Crippen LogP contribution is 2.42. The number of carbonyl (C=O) groups is 4. The lowest BCUT2D eigenvalue weighted by atomic mass is 10.00. The first-order valence-corrected chi connectivity index (χ1v) is 43.5. The monoisotopic (exact) mass is 1990 g/mol. The Balaban J connectivity index is 0.000000148. The van der Waals surface area contributed by atoms with Crippen molar-refractivity contribution in [3.05, 3.63) is 248 Å². The number of hydrogen-bond donors (Lipinski definition) is 11. The fourth-order valence-corrected chi connectivity index (χ4v) is 16.2. The average molecular weight is 1990 g/mol. The van der Waals surface area contributed by atoms with Gasteiger partial charge in [-0.3, -0.25) is 19.2 Å². The molecule has 0 spiro atoms. The van der Waals surface area contributed by atoms with Crippen LogP contribution in [0.4, 0.5) is 85.4 Å². The van der Waals surface area contributed by atoms with E-state index in [1.807, 2.05) is 11.8 Å². The normalized spacial score (nSPS) is 18.5. The number of alkyl halides is 12. The molecule has 0 saturated carbocycles.